The molecule has 0 radical (unpaired) electrons. The van der Waals surface area contributed by atoms with E-state index in [0.717, 1.165) is 13.1 Å². The molecule has 8 nitrogen and oxygen atoms in total. The maximum atomic E-state index is 13.2. The molecule has 1 atom stereocenters. The van der Waals surface area contributed by atoms with Crippen molar-refractivity contribution in [3.8, 4) is 0 Å². The van der Waals surface area contributed by atoms with Crippen LogP contribution in [0.1, 0.15) is 28.6 Å². The van der Waals surface area contributed by atoms with Crippen LogP contribution in [0.2, 0.25) is 5.02 Å². The summed E-state index contributed by atoms with van der Waals surface area (Å²) in [5, 5.41) is 16.1. The number of ketones is 1. The lowest BCUT2D eigenvalue weighted by molar-refractivity contribution is -0.140. The molecule has 4 rings (SSSR count). The van der Waals surface area contributed by atoms with E-state index in [1.807, 2.05) is 13.0 Å². The summed E-state index contributed by atoms with van der Waals surface area (Å²) >= 11 is 6.24. The molecule has 32 heavy (non-hydrogen) atoms. The molecule has 1 N–H and O–H groups in total. The van der Waals surface area contributed by atoms with Gasteiger partial charge in [-0.2, -0.15) is 5.10 Å². The third-order valence-electron chi connectivity index (χ3n) is 6.21. The molecule has 0 bridgehead atoms. The summed E-state index contributed by atoms with van der Waals surface area (Å²) in [5.41, 5.74) is 2.53. The van der Waals surface area contributed by atoms with Gasteiger partial charge in [0, 0.05) is 43.9 Å². The highest BCUT2D eigenvalue weighted by Crippen LogP contribution is 2.40. The second-order valence-corrected chi connectivity index (χ2v) is 8.61. The molecule has 0 saturated carbocycles. The molecule has 2 aliphatic rings. The lowest BCUT2D eigenvalue weighted by Gasteiger charge is -2.31. The van der Waals surface area contributed by atoms with Crippen LogP contribution in [0.15, 0.2) is 29.8 Å². The average molecular weight is 459 g/mol. The Bertz CT molecular complexity index is 1090. The van der Waals surface area contributed by atoms with Gasteiger partial charge in [-0.3, -0.25) is 19.2 Å². The smallest absolute Gasteiger partial charge is 0.295 e. The van der Waals surface area contributed by atoms with Crippen molar-refractivity contribution in [1.82, 2.24) is 19.6 Å². The molecule has 1 aromatic carbocycles. The monoisotopic (exact) mass is 458 g/mol. The molecule has 1 aromatic heterocycles. The minimum absolute atomic E-state index is 0.0680. The number of rotatable bonds is 5. The highest BCUT2D eigenvalue weighted by Gasteiger charge is 2.46. The number of likely N-dealkylation sites (tertiary alicyclic amines) is 1. The fraction of sp³-hybridized carbons (Fsp3) is 0.435. The Labute approximate surface area is 192 Å². The summed E-state index contributed by atoms with van der Waals surface area (Å²) < 4.78 is 7.04. The van der Waals surface area contributed by atoms with Gasteiger partial charge in [0.05, 0.1) is 36.1 Å². The number of carbonyl (C=O) groups excluding carboxylic acids is 2. The van der Waals surface area contributed by atoms with Crippen molar-refractivity contribution in [2.75, 3.05) is 39.4 Å². The molecule has 0 unspecified atom stereocenters. The first-order chi connectivity index (χ1) is 15.3. The summed E-state index contributed by atoms with van der Waals surface area (Å²) in [4.78, 5) is 30.0. The van der Waals surface area contributed by atoms with Gasteiger partial charge < -0.3 is 14.7 Å². The van der Waals surface area contributed by atoms with Crippen LogP contribution in [0, 0.1) is 13.8 Å². The number of halogens is 1. The number of aryl methyl sites for hydroxylation is 2. The van der Waals surface area contributed by atoms with E-state index in [1.165, 1.54) is 4.90 Å². The topological polar surface area (TPSA) is 87.9 Å². The van der Waals surface area contributed by atoms with Crippen LogP contribution in [0.5, 0.6) is 0 Å². The van der Waals surface area contributed by atoms with E-state index in [4.69, 9.17) is 16.3 Å². The Morgan fingerprint density at radius 3 is 2.56 bits per heavy atom. The molecular weight excluding hydrogens is 432 g/mol. The van der Waals surface area contributed by atoms with Crippen LogP contribution >= 0.6 is 11.6 Å². The number of aliphatic hydroxyl groups is 1. The molecule has 1 amide bonds. The van der Waals surface area contributed by atoms with Gasteiger partial charge in [0.1, 0.15) is 5.76 Å². The summed E-state index contributed by atoms with van der Waals surface area (Å²) in [6, 6.07) is 6.34. The van der Waals surface area contributed by atoms with E-state index >= 15 is 0 Å². The van der Waals surface area contributed by atoms with Crippen molar-refractivity contribution in [2.24, 2.45) is 7.05 Å². The maximum absolute atomic E-state index is 13.2. The standard InChI is InChI=1S/C23H27ClN4O4/c1-14-18(15(2)26(3)25-14)21(29)19-20(16-5-4-6-17(24)13-16)28(23(31)22(19)30)8-7-27-9-11-32-12-10-27/h4-6,13,20,29H,7-12H2,1-3H3/b21-19+/t20-/m0/s1. The van der Waals surface area contributed by atoms with Crippen molar-refractivity contribution in [2.45, 2.75) is 19.9 Å². The van der Waals surface area contributed by atoms with Crippen molar-refractivity contribution in [1.29, 1.82) is 0 Å². The van der Waals surface area contributed by atoms with Crippen molar-refractivity contribution in [3.63, 3.8) is 0 Å². The normalized spacial score (nSPS) is 21.5. The Balaban J connectivity index is 1.79. The second-order valence-electron chi connectivity index (χ2n) is 8.17. The first-order valence-electron chi connectivity index (χ1n) is 10.6. The zero-order valence-corrected chi connectivity index (χ0v) is 19.2. The van der Waals surface area contributed by atoms with Gasteiger partial charge in [-0.15, -0.1) is 0 Å². The number of aromatic nitrogens is 2. The third kappa shape index (κ3) is 4.05. The molecule has 3 heterocycles. The van der Waals surface area contributed by atoms with E-state index in [-0.39, 0.29) is 11.3 Å². The molecule has 170 valence electrons. The number of hydrogen-bond donors (Lipinski definition) is 1. The van der Waals surface area contributed by atoms with E-state index in [0.29, 0.717) is 53.8 Å². The zero-order valence-electron chi connectivity index (χ0n) is 18.5. The SMILES string of the molecule is Cc1nn(C)c(C)c1/C(O)=C1\C(=O)C(=O)N(CCN2CCOCC2)[C@H]1c1cccc(Cl)c1. The summed E-state index contributed by atoms with van der Waals surface area (Å²) in [7, 11) is 1.77. The molecular formula is C23H27ClN4O4. The van der Waals surface area contributed by atoms with Gasteiger partial charge in [0.15, 0.2) is 0 Å². The van der Waals surface area contributed by atoms with Crippen LogP contribution in [-0.2, 0) is 21.4 Å². The van der Waals surface area contributed by atoms with Gasteiger partial charge in [-0.05, 0) is 31.5 Å². The highest BCUT2D eigenvalue weighted by molar-refractivity contribution is 6.46. The Morgan fingerprint density at radius 2 is 1.94 bits per heavy atom. The highest BCUT2D eigenvalue weighted by atomic mass is 35.5. The van der Waals surface area contributed by atoms with Crippen LogP contribution in [-0.4, -0.2) is 75.8 Å². The number of aliphatic hydroxyl groups excluding tert-OH is 1. The summed E-state index contributed by atoms with van der Waals surface area (Å²) in [6.07, 6.45) is 0. The Morgan fingerprint density at radius 1 is 1.22 bits per heavy atom. The van der Waals surface area contributed by atoms with E-state index in [9.17, 15) is 14.7 Å². The summed E-state index contributed by atoms with van der Waals surface area (Å²) in [6.45, 7) is 7.40. The van der Waals surface area contributed by atoms with Gasteiger partial charge in [-0.1, -0.05) is 23.7 Å². The molecule has 2 aromatic rings. The van der Waals surface area contributed by atoms with Crippen LogP contribution in [0.25, 0.3) is 5.76 Å². The lowest BCUT2D eigenvalue weighted by Crippen LogP contribution is -2.42. The quantitative estimate of drug-likeness (QED) is 0.420. The van der Waals surface area contributed by atoms with Crippen molar-refractivity contribution >= 4 is 29.1 Å². The van der Waals surface area contributed by atoms with E-state index < -0.39 is 17.7 Å². The maximum Gasteiger partial charge on any atom is 0.295 e. The second kappa shape index (κ2) is 9.05. The van der Waals surface area contributed by atoms with Crippen LogP contribution in [0.3, 0.4) is 0 Å². The number of carbonyl (C=O) groups is 2. The Kier molecular flexibility index (Phi) is 6.37. The summed E-state index contributed by atoms with van der Waals surface area (Å²) in [5.74, 6) is -1.52. The number of amides is 1. The Hall–Kier alpha value is -2.68. The minimum atomic E-state index is -0.728. The number of nitrogens with zero attached hydrogens (tertiary/aromatic N) is 4. The molecule has 2 fully saturated rings. The molecule has 9 heteroatoms. The first kappa shape index (κ1) is 22.5. The van der Waals surface area contributed by atoms with Gasteiger partial charge >= 0.3 is 0 Å². The third-order valence-corrected chi connectivity index (χ3v) is 6.45. The van der Waals surface area contributed by atoms with Gasteiger partial charge in [0.25, 0.3) is 11.7 Å². The lowest BCUT2D eigenvalue weighted by atomic mass is 9.94. The number of morpholine rings is 1. The number of ether oxygens (including phenoxy) is 1. The van der Waals surface area contributed by atoms with Crippen LogP contribution in [0.4, 0.5) is 0 Å². The molecule has 2 aliphatic heterocycles. The predicted molar refractivity (Wildman–Crippen MR) is 120 cm³/mol. The van der Waals surface area contributed by atoms with Gasteiger partial charge in [0.2, 0.25) is 0 Å². The van der Waals surface area contributed by atoms with Crippen molar-refractivity contribution < 1.29 is 19.4 Å². The number of hydrogen-bond acceptors (Lipinski definition) is 6. The first-order valence-corrected chi connectivity index (χ1v) is 11.0. The van der Waals surface area contributed by atoms with E-state index in [2.05, 4.69) is 10.00 Å². The number of Topliss-reactive ketones (excluding diaryl/α,β-unsaturated/α-hetero) is 1. The largest absolute Gasteiger partial charge is 0.507 e. The van der Waals surface area contributed by atoms with Crippen LogP contribution < -0.4 is 0 Å². The molecule has 0 aliphatic carbocycles. The minimum Gasteiger partial charge on any atom is -0.507 e. The van der Waals surface area contributed by atoms with Gasteiger partial charge in [-0.25, -0.2) is 0 Å². The van der Waals surface area contributed by atoms with E-state index in [1.54, 1.807) is 36.9 Å². The number of benzene rings is 1. The predicted octanol–water partition coefficient (Wildman–Crippen LogP) is 2.44. The fourth-order valence-corrected chi connectivity index (χ4v) is 4.66. The average Bonchev–Trinajstić information content (AvgIpc) is 3.18. The fourth-order valence-electron chi connectivity index (χ4n) is 4.46. The molecule has 0 spiro atoms. The zero-order chi connectivity index (χ0) is 23.0. The molecule has 2 saturated heterocycles. The van der Waals surface area contributed by atoms with Crippen molar-refractivity contribution in [3.05, 3.63) is 57.4 Å².